The smallest absolute Gasteiger partial charge is 0.338 e. The Morgan fingerprint density at radius 1 is 1.37 bits per heavy atom. The highest BCUT2D eigenvalue weighted by Gasteiger charge is 2.29. The number of ether oxygens (including phenoxy) is 1. The summed E-state index contributed by atoms with van der Waals surface area (Å²) in [6, 6.07) is 7.73. The van der Waals surface area contributed by atoms with Crippen molar-refractivity contribution in [3.63, 3.8) is 0 Å². The third-order valence-corrected chi connectivity index (χ3v) is 4.32. The quantitative estimate of drug-likeness (QED) is 0.842. The molecule has 0 radical (unpaired) electrons. The number of thiophene rings is 1. The van der Waals surface area contributed by atoms with E-state index in [1.165, 1.54) is 11.3 Å². The van der Waals surface area contributed by atoms with Crippen molar-refractivity contribution < 1.29 is 19.7 Å². The Morgan fingerprint density at radius 3 is 2.68 bits per heavy atom. The molecule has 2 unspecified atom stereocenters. The van der Waals surface area contributed by atoms with Crippen molar-refractivity contribution in [2.24, 2.45) is 0 Å². The van der Waals surface area contributed by atoms with Gasteiger partial charge in [0.1, 0.15) is 6.10 Å². The van der Waals surface area contributed by atoms with Crippen molar-refractivity contribution in [2.45, 2.75) is 26.1 Å². The Morgan fingerprint density at radius 2 is 2.05 bits per heavy atom. The topological polar surface area (TPSA) is 66.8 Å². The Bertz CT molecular complexity index is 590. The Kier molecular flexibility index (Phi) is 4.19. The summed E-state index contributed by atoms with van der Waals surface area (Å²) in [7, 11) is 0. The molecule has 0 saturated heterocycles. The first-order valence-electron chi connectivity index (χ1n) is 6.07. The van der Waals surface area contributed by atoms with Crippen LogP contribution in [-0.2, 0) is 9.53 Å². The van der Waals surface area contributed by atoms with Crippen LogP contribution < -0.4 is 0 Å². The molecule has 2 atom stereocenters. The summed E-state index contributed by atoms with van der Waals surface area (Å²) in [4.78, 5) is 12.1. The summed E-state index contributed by atoms with van der Waals surface area (Å²) in [5.74, 6) is -0.799. The van der Waals surface area contributed by atoms with Crippen LogP contribution in [0.3, 0.4) is 0 Å². The molecule has 2 rings (SSSR count). The number of aliphatic hydroxyl groups is 2. The summed E-state index contributed by atoms with van der Waals surface area (Å²) < 4.78 is 5.73. The van der Waals surface area contributed by atoms with E-state index in [-0.39, 0.29) is 6.61 Å². The monoisotopic (exact) mass is 280 g/mol. The molecule has 5 heteroatoms. The Balaban J connectivity index is 2.33. The van der Waals surface area contributed by atoms with Gasteiger partial charge in [0.05, 0.1) is 6.61 Å². The van der Waals surface area contributed by atoms with Crippen LogP contribution in [0.15, 0.2) is 24.3 Å². The molecule has 102 valence electrons. The Hall–Kier alpha value is -1.43. The average molecular weight is 280 g/mol. The van der Waals surface area contributed by atoms with Gasteiger partial charge in [0.2, 0.25) is 0 Å². The van der Waals surface area contributed by atoms with E-state index in [1.54, 1.807) is 6.92 Å². The summed E-state index contributed by atoms with van der Waals surface area (Å²) in [6.45, 7) is 3.70. The highest BCUT2D eigenvalue weighted by Crippen LogP contribution is 2.35. The van der Waals surface area contributed by atoms with Crippen LogP contribution in [0.25, 0.3) is 10.1 Å². The Labute approximate surface area is 115 Å². The molecule has 0 aliphatic heterocycles. The van der Waals surface area contributed by atoms with E-state index in [2.05, 4.69) is 0 Å². The number of hydrogen-bond donors (Lipinski definition) is 2. The molecule has 0 amide bonds. The summed E-state index contributed by atoms with van der Waals surface area (Å²) in [5.41, 5.74) is 0.886. The fourth-order valence-electron chi connectivity index (χ4n) is 1.98. The number of rotatable bonds is 4. The third kappa shape index (κ3) is 2.63. The van der Waals surface area contributed by atoms with Gasteiger partial charge in [-0.2, -0.15) is 0 Å². The molecule has 19 heavy (non-hydrogen) atoms. The van der Waals surface area contributed by atoms with Crippen LogP contribution in [0.1, 0.15) is 23.5 Å². The molecular formula is C14H16O4S. The number of aliphatic hydroxyl groups excluding tert-OH is 2. The minimum Gasteiger partial charge on any atom is -0.464 e. The van der Waals surface area contributed by atoms with E-state index < -0.39 is 18.2 Å². The van der Waals surface area contributed by atoms with Crippen molar-refractivity contribution in [1.82, 2.24) is 0 Å². The van der Waals surface area contributed by atoms with Crippen LogP contribution in [0.2, 0.25) is 0 Å². The second-order valence-electron chi connectivity index (χ2n) is 4.23. The van der Waals surface area contributed by atoms with Gasteiger partial charge in [0.15, 0.2) is 6.10 Å². The van der Waals surface area contributed by atoms with Crippen LogP contribution in [-0.4, -0.2) is 28.9 Å². The van der Waals surface area contributed by atoms with Crippen molar-refractivity contribution in [3.8, 4) is 0 Å². The second-order valence-corrected chi connectivity index (χ2v) is 5.31. The van der Waals surface area contributed by atoms with Gasteiger partial charge in [-0.3, -0.25) is 0 Å². The van der Waals surface area contributed by atoms with Crippen LogP contribution in [0, 0.1) is 6.92 Å². The van der Waals surface area contributed by atoms with E-state index in [1.807, 2.05) is 31.2 Å². The number of benzene rings is 1. The van der Waals surface area contributed by atoms with Gasteiger partial charge in [0, 0.05) is 9.58 Å². The van der Waals surface area contributed by atoms with Crippen LogP contribution in [0.4, 0.5) is 0 Å². The predicted octanol–water partition coefficient (Wildman–Crippen LogP) is 2.17. The van der Waals surface area contributed by atoms with Gasteiger partial charge in [-0.25, -0.2) is 4.79 Å². The molecule has 1 aromatic heterocycles. The minimum atomic E-state index is -1.55. The van der Waals surface area contributed by atoms with Gasteiger partial charge >= 0.3 is 5.97 Å². The van der Waals surface area contributed by atoms with E-state index in [4.69, 9.17) is 4.74 Å². The molecule has 0 fully saturated rings. The maximum absolute atomic E-state index is 11.5. The molecule has 0 bridgehead atoms. The zero-order valence-corrected chi connectivity index (χ0v) is 11.6. The molecular weight excluding hydrogens is 264 g/mol. The predicted molar refractivity (Wildman–Crippen MR) is 74.2 cm³/mol. The molecule has 2 N–H and O–H groups in total. The highest BCUT2D eigenvalue weighted by atomic mass is 32.1. The molecule has 1 heterocycles. The van der Waals surface area contributed by atoms with Crippen molar-refractivity contribution in [1.29, 1.82) is 0 Å². The summed E-state index contributed by atoms with van der Waals surface area (Å²) in [6.07, 6.45) is -2.80. The molecule has 0 aliphatic carbocycles. The highest BCUT2D eigenvalue weighted by molar-refractivity contribution is 7.19. The number of carbonyl (C=O) groups excluding carboxylic acids is 1. The fourth-order valence-corrected chi connectivity index (χ4v) is 3.20. The number of fused-ring (bicyclic) bond motifs is 1. The maximum atomic E-state index is 11.5. The van der Waals surface area contributed by atoms with E-state index in [9.17, 15) is 15.0 Å². The van der Waals surface area contributed by atoms with Crippen molar-refractivity contribution in [3.05, 3.63) is 34.7 Å². The number of hydrogen-bond acceptors (Lipinski definition) is 5. The van der Waals surface area contributed by atoms with E-state index >= 15 is 0 Å². The van der Waals surface area contributed by atoms with E-state index in [0.29, 0.717) is 4.88 Å². The lowest BCUT2D eigenvalue weighted by atomic mass is 10.1. The molecule has 4 nitrogen and oxygen atoms in total. The number of esters is 1. The van der Waals surface area contributed by atoms with Crippen LogP contribution in [0.5, 0.6) is 0 Å². The van der Waals surface area contributed by atoms with Crippen LogP contribution >= 0.6 is 11.3 Å². The molecule has 0 saturated carbocycles. The number of aryl methyl sites for hydroxylation is 1. The molecule has 2 aromatic rings. The molecule has 1 aromatic carbocycles. The first-order valence-corrected chi connectivity index (χ1v) is 6.88. The maximum Gasteiger partial charge on any atom is 0.338 e. The lowest BCUT2D eigenvalue weighted by Crippen LogP contribution is -2.29. The standard InChI is InChI=1S/C14H16O4S/c1-3-18-14(17)12(16)11(15)13-8(2)9-6-4-5-7-10(9)19-13/h4-7,11-12,15-16H,3H2,1-2H3. The third-order valence-electron chi connectivity index (χ3n) is 2.98. The fraction of sp³-hybridized carbons (Fsp3) is 0.357. The minimum absolute atomic E-state index is 0.175. The number of carbonyl (C=O) groups is 1. The zero-order chi connectivity index (χ0) is 14.0. The molecule has 0 spiro atoms. The second kappa shape index (κ2) is 5.69. The van der Waals surface area contributed by atoms with E-state index in [0.717, 1.165) is 15.6 Å². The van der Waals surface area contributed by atoms with Gasteiger partial charge in [-0.15, -0.1) is 11.3 Å². The first-order chi connectivity index (χ1) is 9.06. The van der Waals surface area contributed by atoms with Crippen molar-refractivity contribution in [2.75, 3.05) is 6.61 Å². The summed E-state index contributed by atoms with van der Waals surface area (Å²) in [5, 5.41) is 21.0. The largest absolute Gasteiger partial charge is 0.464 e. The van der Waals surface area contributed by atoms with Gasteiger partial charge in [0.25, 0.3) is 0 Å². The van der Waals surface area contributed by atoms with Gasteiger partial charge in [-0.1, -0.05) is 18.2 Å². The average Bonchev–Trinajstić information content (AvgIpc) is 2.75. The van der Waals surface area contributed by atoms with Crippen molar-refractivity contribution >= 4 is 27.4 Å². The van der Waals surface area contributed by atoms with Gasteiger partial charge < -0.3 is 14.9 Å². The zero-order valence-electron chi connectivity index (χ0n) is 10.8. The normalized spacial score (nSPS) is 14.3. The van der Waals surface area contributed by atoms with Gasteiger partial charge in [-0.05, 0) is 30.9 Å². The summed E-state index contributed by atoms with van der Waals surface area (Å²) >= 11 is 1.38. The lowest BCUT2D eigenvalue weighted by Gasteiger charge is -2.15. The first kappa shape index (κ1) is 14.0. The SMILES string of the molecule is CCOC(=O)C(O)C(O)c1sc2ccccc2c1C. The molecule has 0 aliphatic rings. The lowest BCUT2D eigenvalue weighted by molar-refractivity contribution is -0.159.